The van der Waals surface area contributed by atoms with Gasteiger partial charge in [-0.15, -0.1) is 0 Å². The van der Waals surface area contributed by atoms with E-state index in [1.807, 2.05) is 17.0 Å². The normalized spacial score (nSPS) is 16.8. The molecule has 2 aromatic rings. The molecule has 1 aliphatic heterocycles. The van der Waals surface area contributed by atoms with Crippen LogP contribution in [0.5, 0.6) is 0 Å². The number of fused-ring (bicyclic) bond motifs is 1. The van der Waals surface area contributed by atoms with E-state index in [0.717, 1.165) is 10.6 Å². The summed E-state index contributed by atoms with van der Waals surface area (Å²) in [5, 5.41) is 0. The molecule has 0 radical (unpaired) electrons. The molecule has 0 unspecified atom stereocenters. The number of ether oxygens (including phenoxy) is 1. The molecule has 6 nitrogen and oxygen atoms in total. The monoisotopic (exact) mass is 450 g/mol. The number of hydrogen-bond donors (Lipinski definition) is 1. The van der Waals surface area contributed by atoms with Gasteiger partial charge in [0.15, 0.2) is 0 Å². The molecule has 9 heteroatoms. The van der Waals surface area contributed by atoms with Crippen molar-refractivity contribution in [2.24, 2.45) is 0 Å². The Morgan fingerprint density at radius 1 is 1.19 bits per heavy atom. The van der Waals surface area contributed by atoms with Crippen LogP contribution in [0, 0.1) is 0 Å². The van der Waals surface area contributed by atoms with Gasteiger partial charge in [-0.05, 0) is 36.6 Å². The maximum Gasteiger partial charge on any atom is 0.471 e. The minimum absolute atomic E-state index is 0.0185. The second-order valence-electron chi connectivity index (χ2n) is 8.00. The molecule has 4 rings (SSSR count). The molecule has 2 aliphatic rings. The van der Waals surface area contributed by atoms with Gasteiger partial charge < -0.3 is 20.3 Å². The van der Waals surface area contributed by atoms with Crippen LogP contribution in [0.1, 0.15) is 36.9 Å². The summed E-state index contributed by atoms with van der Waals surface area (Å²) in [7, 11) is 1.80. The molecule has 2 heterocycles. The lowest BCUT2D eigenvalue weighted by Crippen LogP contribution is -2.42. The molecule has 1 aromatic heterocycles. The molecule has 0 bridgehead atoms. The van der Waals surface area contributed by atoms with E-state index >= 15 is 0 Å². The summed E-state index contributed by atoms with van der Waals surface area (Å²) in [5.74, 6) is -1.81. The summed E-state index contributed by atoms with van der Waals surface area (Å²) in [6, 6.07) is 10.5. The number of halogens is 3. The summed E-state index contributed by atoms with van der Waals surface area (Å²) in [5.41, 5.74) is 8.51. The Morgan fingerprint density at radius 2 is 1.91 bits per heavy atom. The van der Waals surface area contributed by atoms with Crippen LogP contribution in [-0.4, -0.2) is 48.3 Å². The van der Waals surface area contributed by atoms with E-state index in [-0.39, 0.29) is 19.6 Å². The number of methoxy groups -OCH3 is 1. The quantitative estimate of drug-likeness (QED) is 0.761. The van der Waals surface area contributed by atoms with Crippen molar-refractivity contribution in [1.29, 1.82) is 0 Å². The molecule has 0 atom stereocenters. The number of nitrogens with zero attached hydrogens (tertiary/aromatic N) is 3. The van der Waals surface area contributed by atoms with Gasteiger partial charge in [0, 0.05) is 44.3 Å². The van der Waals surface area contributed by atoms with Crippen molar-refractivity contribution in [1.82, 2.24) is 9.88 Å². The highest BCUT2D eigenvalue weighted by Crippen LogP contribution is 2.29. The highest BCUT2D eigenvalue weighted by molar-refractivity contribution is 5.82. The highest BCUT2D eigenvalue weighted by atomic mass is 19.4. The van der Waals surface area contributed by atoms with E-state index in [2.05, 4.69) is 4.98 Å². The van der Waals surface area contributed by atoms with Crippen LogP contribution in [0.15, 0.2) is 42.6 Å². The fraction of sp³-hybridized carbons (Fsp3) is 0.478. The van der Waals surface area contributed by atoms with Crippen molar-refractivity contribution in [3.8, 4) is 0 Å². The Labute approximate surface area is 186 Å². The van der Waals surface area contributed by atoms with Gasteiger partial charge in [-0.1, -0.05) is 31.0 Å². The number of aromatic nitrogens is 1. The van der Waals surface area contributed by atoms with Gasteiger partial charge in [-0.3, -0.25) is 9.78 Å². The van der Waals surface area contributed by atoms with Crippen LogP contribution >= 0.6 is 0 Å². The number of para-hydroxylation sites is 1. The van der Waals surface area contributed by atoms with Crippen molar-refractivity contribution in [3.63, 3.8) is 0 Å². The van der Waals surface area contributed by atoms with Gasteiger partial charge >= 0.3 is 12.1 Å². The molecule has 2 N–H and O–H groups in total. The number of pyridine rings is 1. The van der Waals surface area contributed by atoms with E-state index in [1.54, 1.807) is 37.6 Å². The molecule has 0 spiro atoms. The first-order valence-corrected chi connectivity index (χ1v) is 10.7. The average Bonchev–Trinajstić information content (AvgIpc) is 3.23. The lowest BCUT2D eigenvalue weighted by atomic mass is 10.1. The zero-order valence-electron chi connectivity index (χ0n) is 18.1. The maximum absolute atomic E-state index is 12.8. The van der Waals surface area contributed by atoms with Crippen LogP contribution in [-0.2, 0) is 22.6 Å². The predicted molar refractivity (Wildman–Crippen MR) is 117 cm³/mol. The third kappa shape index (κ3) is 6.35. The number of rotatable bonds is 3. The fourth-order valence-electron chi connectivity index (χ4n) is 4.02. The lowest BCUT2D eigenvalue weighted by molar-refractivity contribution is -0.185. The molecule has 1 aliphatic carbocycles. The third-order valence-corrected chi connectivity index (χ3v) is 5.69. The van der Waals surface area contributed by atoms with Crippen molar-refractivity contribution in [3.05, 3.63) is 53.9 Å². The van der Waals surface area contributed by atoms with E-state index in [0.29, 0.717) is 29.6 Å². The van der Waals surface area contributed by atoms with Gasteiger partial charge in [0.2, 0.25) is 0 Å². The zero-order chi connectivity index (χ0) is 23.1. The smallest absolute Gasteiger partial charge is 0.399 e. The van der Waals surface area contributed by atoms with E-state index in [1.165, 1.54) is 25.7 Å². The third-order valence-electron chi connectivity index (χ3n) is 5.69. The minimum atomic E-state index is -4.88. The summed E-state index contributed by atoms with van der Waals surface area (Å²) in [6.45, 7) is 0.579. The topological polar surface area (TPSA) is 71.7 Å². The fourth-order valence-corrected chi connectivity index (χ4v) is 4.02. The zero-order valence-corrected chi connectivity index (χ0v) is 18.1. The van der Waals surface area contributed by atoms with Crippen LogP contribution in [0.4, 0.5) is 24.5 Å². The number of carbonyl (C=O) groups excluding carboxylic acids is 1. The second-order valence-corrected chi connectivity index (χ2v) is 8.00. The van der Waals surface area contributed by atoms with Gasteiger partial charge in [0.25, 0.3) is 0 Å². The van der Waals surface area contributed by atoms with Crippen molar-refractivity contribution in [2.75, 3.05) is 30.8 Å². The number of anilines is 2. The van der Waals surface area contributed by atoms with Crippen LogP contribution in [0.2, 0.25) is 0 Å². The van der Waals surface area contributed by atoms with E-state index in [9.17, 15) is 18.0 Å². The summed E-state index contributed by atoms with van der Waals surface area (Å²) >= 11 is 0. The predicted octanol–water partition coefficient (Wildman–Crippen LogP) is 4.15. The molecule has 1 saturated carbocycles. The molecule has 1 amide bonds. The first-order chi connectivity index (χ1) is 15.3. The minimum Gasteiger partial charge on any atom is -0.399 e. The molecule has 1 aromatic carbocycles. The highest BCUT2D eigenvalue weighted by Gasteiger charge is 2.43. The van der Waals surface area contributed by atoms with Crippen LogP contribution < -0.4 is 10.6 Å². The van der Waals surface area contributed by atoms with Gasteiger partial charge in [-0.2, -0.15) is 13.2 Å². The molecule has 0 saturated heterocycles. The number of amides is 1. The van der Waals surface area contributed by atoms with Gasteiger partial charge in [0.05, 0.1) is 18.3 Å². The molecular formula is C23H29F3N4O2. The van der Waals surface area contributed by atoms with Crippen molar-refractivity contribution in [2.45, 2.75) is 51.1 Å². The molecule has 32 heavy (non-hydrogen) atoms. The largest absolute Gasteiger partial charge is 0.471 e. The van der Waals surface area contributed by atoms with Gasteiger partial charge in [0.1, 0.15) is 0 Å². The van der Waals surface area contributed by atoms with Gasteiger partial charge in [-0.25, -0.2) is 0 Å². The van der Waals surface area contributed by atoms with Crippen molar-refractivity contribution < 1.29 is 22.7 Å². The summed E-state index contributed by atoms with van der Waals surface area (Å²) in [4.78, 5) is 18.7. The standard InChI is InChI=1S/C17H17F3N4O.C6H12O/c18-17(19,20)16(25)24-8-7-23(11-14-9-13(21)5-6-22-14)15-4-2-1-3-12(15)10-24;1-7-6-4-2-3-5-6/h1-6,9H,7-8,10-11H2,(H2,21,22);6H,2-5H2,1H3. The first-order valence-electron chi connectivity index (χ1n) is 10.7. The number of nitrogen functional groups attached to an aromatic ring is 1. The average molecular weight is 451 g/mol. The molecular weight excluding hydrogens is 421 g/mol. The lowest BCUT2D eigenvalue weighted by Gasteiger charge is -2.25. The SMILES string of the molecule is COC1CCCC1.Nc1ccnc(CN2CCN(C(=O)C(F)(F)F)Cc3ccccc32)c1. The summed E-state index contributed by atoms with van der Waals surface area (Å²) in [6.07, 6.45) is 2.64. The van der Waals surface area contributed by atoms with E-state index < -0.39 is 12.1 Å². The second kappa shape index (κ2) is 10.7. The Balaban J connectivity index is 0.000000352. The Hall–Kier alpha value is -2.81. The number of alkyl halides is 3. The number of carbonyl (C=O) groups is 1. The summed E-state index contributed by atoms with van der Waals surface area (Å²) < 4.78 is 43.5. The molecule has 1 fully saturated rings. The Bertz CT molecular complexity index is 901. The van der Waals surface area contributed by atoms with E-state index in [4.69, 9.17) is 10.5 Å². The van der Waals surface area contributed by atoms with Crippen molar-refractivity contribution >= 4 is 17.3 Å². The number of nitrogens with two attached hydrogens (primary N) is 1. The maximum atomic E-state index is 12.8. The molecule has 174 valence electrons. The Morgan fingerprint density at radius 3 is 2.53 bits per heavy atom. The number of benzene rings is 1. The van der Waals surface area contributed by atoms with Crippen LogP contribution in [0.3, 0.4) is 0 Å². The number of hydrogen-bond acceptors (Lipinski definition) is 5. The van der Waals surface area contributed by atoms with Crippen LogP contribution in [0.25, 0.3) is 0 Å². The Kier molecular flexibility index (Phi) is 7.95. The first kappa shape index (κ1) is 23.8.